The SMILES string of the molecule is C[C@H](CC1OCCO1)[C@@H]1C=C(Br)C(=O)O1. The Balaban J connectivity index is 1.86. The summed E-state index contributed by atoms with van der Waals surface area (Å²) in [5, 5.41) is 0. The zero-order valence-corrected chi connectivity index (χ0v) is 10.0. The third-order valence-corrected chi connectivity index (χ3v) is 3.15. The van der Waals surface area contributed by atoms with Crippen LogP contribution in [0.15, 0.2) is 10.6 Å². The average molecular weight is 277 g/mol. The third-order valence-electron chi connectivity index (χ3n) is 2.56. The van der Waals surface area contributed by atoms with Crippen molar-refractivity contribution in [2.24, 2.45) is 5.92 Å². The molecule has 5 heteroatoms. The Labute approximate surface area is 96.7 Å². The van der Waals surface area contributed by atoms with Gasteiger partial charge in [0, 0.05) is 12.3 Å². The fourth-order valence-electron chi connectivity index (χ4n) is 1.69. The van der Waals surface area contributed by atoms with Crippen molar-refractivity contribution in [2.45, 2.75) is 25.7 Å². The van der Waals surface area contributed by atoms with E-state index in [1.807, 2.05) is 6.92 Å². The Kier molecular flexibility index (Phi) is 3.43. The zero-order valence-electron chi connectivity index (χ0n) is 8.44. The van der Waals surface area contributed by atoms with E-state index < -0.39 is 0 Å². The number of hydrogen-bond donors (Lipinski definition) is 0. The lowest BCUT2D eigenvalue weighted by atomic mass is 10.0. The van der Waals surface area contributed by atoms with Gasteiger partial charge >= 0.3 is 5.97 Å². The molecule has 2 aliphatic rings. The number of cyclic esters (lactones) is 1. The maximum Gasteiger partial charge on any atom is 0.345 e. The summed E-state index contributed by atoms with van der Waals surface area (Å²) < 4.78 is 16.3. The van der Waals surface area contributed by atoms with Crippen LogP contribution in [0.4, 0.5) is 0 Å². The second kappa shape index (κ2) is 4.63. The molecular formula is C10H13BrO4. The van der Waals surface area contributed by atoms with Gasteiger partial charge in [0.25, 0.3) is 0 Å². The van der Waals surface area contributed by atoms with Crippen LogP contribution in [0.2, 0.25) is 0 Å². The standard InChI is InChI=1S/C10H13BrO4/c1-6(4-9-13-2-3-14-9)8-5-7(11)10(12)15-8/h5-6,8-9H,2-4H2,1H3/t6-,8+/m1/s1. The molecule has 0 spiro atoms. The van der Waals surface area contributed by atoms with Gasteiger partial charge in [-0.2, -0.15) is 0 Å². The van der Waals surface area contributed by atoms with E-state index in [1.165, 1.54) is 0 Å². The molecule has 0 amide bonds. The quantitative estimate of drug-likeness (QED) is 0.735. The number of hydrogen-bond acceptors (Lipinski definition) is 4. The number of esters is 1. The van der Waals surface area contributed by atoms with Crippen LogP contribution >= 0.6 is 15.9 Å². The summed E-state index contributed by atoms with van der Waals surface area (Å²) in [6.45, 7) is 3.33. The molecule has 0 N–H and O–H groups in total. The molecule has 0 aromatic rings. The Morgan fingerprint density at radius 1 is 1.53 bits per heavy atom. The van der Waals surface area contributed by atoms with Gasteiger partial charge in [-0.15, -0.1) is 0 Å². The highest BCUT2D eigenvalue weighted by Crippen LogP contribution is 2.27. The van der Waals surface area contributed by atoms with Crippen LogP contribution in [0.3, 0.4) is 0 Å². The molecule has 1 fully saturated rings. The Morgan fingerprint density at radius 3 is 2.73 bits per heavy atom. The average Bonchev–Trinajstić information content (AvgIpc) is 2.78. The molecule has 0 bridgehead atoms. The molecule has 0 aromatic carbocycles. The monoisotopic (exact) mass is 276 g/mol. The largest absolute Gasteiger partial charge is 0.454 e. The highest BCUT2D eigenvalue weighted by Gasteiger charge is 2.30. The van der Waals surface area contributed by atoms with E-state index >= 15 is 0 Å². The fourth-order valence-corrected chi connectivity index (χ4v) is 2.04. The van der Waals surface area contributed by atoms with E-state index in [1.54, 1.807) is 6.08 Å². The first-order chi connectivity index (χ1) is 7.16. The molecule has 0 aromatic heterocycles. The van der Waals surface area contributed by atoms with Crippen molar-refractivity contribution in [2.75, 3.05) is 13.2 Å². The van der Waals surface area contributed by atoms with Gasteiger partial charge in [-0.05, 0) is 22.0 Å². The van der Waals surface area contributed by atoms with E-state index in [9.17, 15) is 4.79 Å². The van der Waals surface area contributed by atoms with Crippen LogP contribution in [-0.2, 0) is 19.0 Å². The van der Waals surface area contributed by atoms with Gasteiger partial charge in [-0.1, -0.05) is 6.92 Å². The summed E-state index contributed by atoms with van der Waals surface area (Å²) in [6, 6.07) is 0. The van der Waals surface area contributed by atoms with E-state index in [-0.39, 0.29) is 24.3 Å². The highest BCUT2D eigenvalue weighted by atomic mass is 79.9. The molecule has 2 atom stereocenters. The molecule has 15 heavy (non-hydrogen) atoms. The lowest BCUT2D eigenvalue weighted by Crippen LogP contribution is -2.23. The first-order valence-electron chi connectivity index (χ1n) is 4.98. The van der Waals surface area contributed by atoms with Gasteiger partial charge in [0.05, 0.1) is 13.2 Å². The minimum absolute atomic E-state index is 0.147. The molecule has 1 saturated heterocycles. The molecule has 2 aliphatic heterocycles. The van der Waals surface area contributed by atoms with Crippen LogP contribution in [0.1, 0.15) is 13.3 Å². The van der Waals surface area contributed by atoms with E-state index in [0.717, 1.165) is 6.42 Å². The summed E-state index contributed by atoms with van der Waals surface area (Å²) in [4.78, 5) is 11.1. The predicted octanol–water partition coefficient (Wildman–Crippen LogP) is 1.59. The normalized spacial score (nSPS) is 29.1. The molecule has 0 saturated carbocycles. The van der Waals surface area contributed by atoms with Gasteiger partial charge in [0.2, 0.25) is 0 Å². The van der Waals surface area contributed by atoms with Crippen molar-refractivity contribution < 1.29 is 19.0 Å². The summed E-state index contributed by atoms with van der Waals surface area (Å²) in [7, 11) is 0. The van der Waals surface area contributed by atoms with Crippen molar-refractivity contribution in [3.63, 3.8) is 0 Å². The van der Waals surface area contributed by atoms with Crippen LogP contribution in [-0.4, -0.2) is 31.6 Å². The van der Waals surface area contributed by atoms with Crippen LogP contribution in [0, 0.1) is 5.92 Å². The lowest BCUT2D eigenvalue weighted by molar-refractivity contribution is -0.142. The van der Waals surface area contributed by atoms with Crippen molar-refractivity contribution in [3.05, 3.63) is 10.6 Å². The number of ether oxygens (including phenoxy) is 3. The van der Waals surface area contributed by atoms with E-state index in [2.05, 4.69) is 15.9 Å². The summed E-state index contributed by atoms with van der Waals surface area (Å²) in [6.07, 6.45) is 2.22. The molecule has 2 heterocycles. The fraction of sp³-hybridized carbons (Fsp3) is 0.700. The number of rotatable bonds is 3. The van der Waals surface area contributed by atoms with Gasteiger partial charge < -0.3 is 14.2 Å². The minimum Gasteiger partial charge on any atom is -0.454 e. The second-order valence-electron chi connectivity index (χ2n) is 3.77. The smallest absolute Gasteiger partial charge is 0.345 e. The lowest BCUT2D eigenvalue weighted by Gasteiger charge is -2.19. The number of carbonyl (C=O) groups excluding carboxylic acids is 1. The van der Waals surface area contributed by atoms with Gasteiger partial charge in [0.1, 0.15) is 10.6 Å². The minimum atomic E-state index is -0.292. The maximum absolute atomic E-state index is 11.1. The highest BCUT2D eigenvalue weighted by molar-refractivity contribution is 9.12. The Bertz CT molecular complexity index is 283. The molecule has 84 valence electrons. The van der Waals surface area contributed by atoms with Crippen molar-refractivity contribution in [1.82, 2.24) is 0 Å². The van der Waals surface area contributed by atoms with Crippen molar-refractivity contribution in [1.29, 1.82) is 0 Å². The summed E-state index contributed by atoms with van der Waals surface area (Å²) in [5.74, 6) is -0.0905. The Morgan fingerprint density at radius 2 is 2.20 bits per heavy atom. The van der Waals surface area contributed by atoms with E-state index in [4.69, 9.17) is 14.2 Å². The van der Waals surface area contributed by atoms with Crippen LogP contribution < -0.4 is 0 Å². The van der Waals surface area contributed by atoms with Gasteiger partial charge in [-0.3, -0.25) is 0 Å². The number of halogens is 1. The van der Waals surface area contributed by atoms with Crippen molar-refractivity contribution >= 4 is 21.9 Å². The summed E-state index contributed by atoms with van der Waals surface area (Å²) >= 11 is 3.15. The first kappa shape index (κ1) is 11.1. The maximum atomic E-state index is 11.1. The third kappa shape index (κ3) is 2.59. The number of carbonyl (C=O) groups is 1. The van der Waals surface area contributed by atoms with Crippen LogP contribution in [0.5, 0.6) is 0 Å². The zero-order chi connectivity index (χ0) is 10.8. The molecule has 2 rings (SSSR count). The Hall–Kier alpha value is -0.390. The molecular weight excluding hydrogens is 264 g/mol. The summed E-state index contributed by atoms with van der Waals surface area (Å²) in [5.41, 5.74) is 0. The van der Waals surface area contributed by atoms with Gasteiger partial charge in [-0.25, -0.2) is 4.79 Å². The molecule has 0 radical (unpaired) electrons. The first-order valence-corrected chi connectivity index (χ1v) is 5.77. The second-order valence-corrected chi connectivity index (χ2v) is 4.62. The van der Waals surface area contributed by atoms with Crippen molar-refractivity contribution in [3.8, 4) is 0 Å². The van der Waals surface area contributed by atoms with Gasteiger partial charge in [0.15, 0.2) is 6.29 Å². The van der Waals surface area contributed by atoms with Crippen LogP contribution in [0.25, 0.3) is 0 Å². The predicted molar refractivity (Wildman–Crippen MR) is 56.4 cm³/mol. The molecule has 0 unspecified atom stereocenters. The molecule has 4 nitrogen and oxygen atoms in total. The topological polar surface area (TPSA) is 44.8 Å². The molecule has 0 aliphatic carbocycles. The van der Waals surface area contributed by atoms with E-state index in [0.29, 0.717) is 17.7 Å².